The standard InChI is InChI=1S/C54H36N10O8/c65-25-47-55-39-9-1-5-13-43(39)59(47)29-17-30(60-44-14-6-2-10-40(44)56-48(60)26-66)20-33(19-29)63-51(69)35-23-37-38(24-36(35)52(63)70)54(72)64(53(37)71)34-21-31(61-45-15-7-3-11-41(45)57-49(61)27-67)18-32(22-34)62-46-16-8-4-12-42(46)58-50(62)28-68/h1-24,65-68H,25-28H2. The van der Waals surface area contributed by atoms with Crippen LogP contribution in [0.1, 0.15) is 23.3 Å². The van der Waals surface area contributed by atoms with Gasteiger partial charge in [-0.25, -0.2) is 29.1 Å². The van der Waals surface area contributed by atoms with Gasteiger partial charge in [-0.15, -0.1) is 0 Å². The van der Waals surface area contributed by atoms with Crippen LogP contribution in [-0.4, -0.2) is 67.8 Å². The number of aromatic nitrogens is 10. The van der Waals surface area contributed by atoms with E-state index < -0.39 is 48.7 Å². The van der Waals surface area contributed by atoms with Crippen molar-refractivity contribution in [2.24, 2.45) is 0 Å². The molecule has 0 aliphatic carbocycles. The molecule has 18 heteroatoms. The fraction of sp³-hybridized carbons (Fsp3) is 0.0741. The minimum Gasteiger partial charge on any atom is -0.388 e. The third-order valence-electron chi connectivity index (χ3n) is 13.3. The van der Waals surface area contributed by atoms with Crippen LogP contribution in [0.4, 0.5) is 0 Å². The normalized spacial score (nSPS) is 12.1. The second-order valence-corrected chi connectivity index (χ2v) is 17.3. The molecule has 350 valence electrons. The van der Waals surface area contributed by atoms with Gasteiger partial charge in [-0.1, -0.05) is 48.5 Å². The van der Waals surface area contributed by atoms with E-state index in [9.17, 15) is 39.6 Å². The van der Waals surface area contributed by atoms with Crippen LogP contribution in [-0.2, 0) is 26.4 Å². The van der Waals surface area contributed by atoms with Gasteiger partial charge in [0, 0.05) is 0 Å². The molecule has 0 spiro atoms. The summed E-state index contributed by atoms with van der Waals surface area (Å²) in [6, 6.07) is 41.7. The molecule has 0 saturated heterocycles. The molecule has 7 aromatic carbocycles. The highest BCUT2D eigenvalue weighted by atomic mass is 16.3. The van der Waals surface area contributed by atoms with Gasteiger partial charge in [0.1, 0.15) is 49.7 Å². The monoisotopic (exact) mass is 952 g/mol. The Bertz CT molecular complexity index is 4070. The Balaban J connectivity index is 1.03. The van der Waals surface area contributed by atoms with Crippen molar-refractivity contribution in [3.63, 3.8) is 0 Å². The number of hydrogen-bond acceptors (Lipinski definition) is 12. The van der Waals surface area contributed by atoms with E-state index in [0.717, 1.165) is 9.13 Å². The van der Waals surface area contributed by atoms with Gasteiger partial charge >= 0.3 is 0 Å². The predicted molar refractivity (Wildman–Crippen MR) is 270 cm³/mol. The molecule has 0 aliphatic heterocycles. The highest BCUT2D eigenvalue weighted by Crippen LogP contribution is 2.32. The first-order valence-electron chi connectivity index (χ1n) is 22.7. The average molecular weight is 953 g/mol. The molecule has 0 unspecified atom stereocenters. The maximum absolute atomic E-state index is 14.8. The van der Waals surface area contributed by atoms with Crippen LogP contribution in [0.25, 0.3) is 99.8 Å². The fourth-order valence-electron chi connectivity index (χ4n) is 10.3. The van der Waals surface area contributed by atoms with Crippen molar-refractivity contribution >= 4 is 65.7 Å². The van der Waals surface area contributed by atoms with Crippen LogP contribution in [0.15, 0.2) is 165 Å². The Morgan fingerprint density at radius 2 is 0.500 bits per heavy atom. The third kappa shape index (κ3) is 6.17. The largest absolute Gasteiger partial charge is 0.388 e. The molecular weight excluding hydrogens is 917 g/mol. The van der Waals surface area contributed by atoms with E-state index in [0.29, 0.717) is 66.9 Å². The third-order valence-corrected chi connectivity index (χ3v) is 13.3. The number of imidazole rings is 4. The Hall–Kier alpha value is -9.46. The quantitative estimate of drug-likeness (QED) is 0.138. The zero-order valence-corrected chi connectivity index (χ0v) is 37.6. The SMILES string of the molecule is O=c1c2cc3c(=O)n(-c4cc(-n5c(CO)nc6ccccc65)cc(-n5c(CO)nc6ccccc65)c4)c(=O)c3cc2c(=O)n1-c1cc(-n2c(CO)nc3ccccc32)cc(-n2c(CO)nc3ccccc32)c1. The number of rotatable bonds is 10. The van der Waals surface area contributed by atoms with Crippen molar-refractivity contribution in [3.05, 3.63) is 210 Å². The molecule has 0 saturated carbocycles. The van der Waals surface area contributed by atoms with Crippen LogP contribution < -0.4 is 22.2 Å². The van der Waals surface area contributed by atoms with Gasteiger partial charge in [0.2, 0.25) is 0 Å². The minimum absolute atomic E-state index is 0.105. The van der Waals surface area contributed by atoms with E-state index in [2.05, 4.69) is 19.9 Å². The van der Waals surface area contributed by atoms with Crippen molar-refractivity contribution in [2.75, 3.05) is 0 Å². The summed E-state index contributed by atoms with van der Waals surface area (Å²) in [4.78, 5) is 77.8. The van der Waals surface area contributed by atoms with E-state index in [1.807, 2.05) is 72.8 Å². The molecule has 6 heterocycles. The van der Waals surface area contributed by atoms with Crippen LogP contribution in [0, 0.1) is 0 Å². The summed E-state index contributed by atoms with van der Waals surface area (Å²) < 4.78 is 8.84. The summed E-state index contributed by atoms with van der Waals surface area (Å²) in [6.45, 7) is -1.77. The molecule has 0 atom stereocenters. The number of fused-ring (bicyclic) bond motifs is 6. The first-order chi connectivity index (χ1) is 35.2. The fourth-order valence-corrected chi connectivity index (χ4v) is 10.3. The topological polar surface area (TPSA) is 230 Å². The summed E-state index contributed by atoms with van der Waals surface area (Å²) in [7, 11) is 0. The summed E-state index contributed by atoms with van der Waals surface area (Å²) >= 11 is 0. The summed E-state index contributed by atoms with van der Waals surface area (Å²) in [5, 5.41) is 41.8. The van der Waals surface area contributed by atoms with Crippen molar-refractivity contribution in [2.45, 2.75) is 26.4 Å². The van der Waals surface area contributed by atoms with Crippen LogP contribution in [0.2, 0.25) is 0 Å². The molecule has 72 heavy (non-hydrogen) atoms. The molecule has 0 amide bonds. The number of aliphatic hydroxyl groups excluding tert-OH is 4. The Morgan fingerprint density at radius 3 is 0.722 bits per heavy atom. The summed E-state index contributed by atoms with van der Waals surface area (Å²) in [5.74, 6) is 1.15. The van der Waals surface area contributed by atoms with E-state index in [1.165, 1.54) is 12.1 Å². The van der Waals surface area contributed by atoms with Gasteiger partial charge in [0.15, 0.2) is 0 Å². The Morgan fingerprint density at radius 1 is 0.292 bits per heavy atom. The lowest BCUT2D eigenvalue weighted by molar-refractivity contribution is 0.269. The number of aliphatic hydroxyl groups is 4. The van der Waals surface area contributed by atoms with Gasteiger partial charge in [-0.3, -0.25) is 37.4 Å². The number of hydrogen-bond donors (Lipinski definition) is 4. The van der Waals surface area contributed by atoms with Gasteiger partial charge in [-0.05, 0) is 97.1 Å². The lowest BCUT2D eigenvalue weighted by Crippen LogP contribution is -2.24. The molecule has 6 aromatic heterocycles. The molecular formula is C54H36N10O8. The lowest BCUT2D eigenvalue weighted by Gasteiger charge is -2.15. The van der Waals surface area contributed by atoms with E-state index in [1.54, 1.807) is 78.9 Å². The maximum atomic E-state index is 14.8. The predicted octanol–water partition coefficient (Wildman–Crippen LogP) is 5.22. The Kier molecular flexibility index (Phi) is 9.50. The molecule has 0 radical (unpaired) electrons. The van der Waals surface area contributed by atoms with Gasteiger partial charge in [0.25, 0.3) is 22.2 Å². The summed E-state index contributed by atoms with van der Waals surface area (Å²) in [6.07, 6.45) is 0. The second-order valence-electron chi connectivity index (χ2n) is 17.3. The van der Waals surface area contributed by atoms with Crippen LogP contribution in [0.5, 0.6) is 0 Å². The van der Waals surface area contributed by atoms with Crippen LogP contribution >= 0.6 is 0 Å². The molecule has 4 N–H and O–H groups in total. The molecule has 0 fully saturated rings. The second kappa shape index (κ2) is 16.1. The lowest BCUT2D eigenvalue weighted by atomic mass is 10.1. The van der Waals surface area contributed by atoms with E-state index >= 15 is 0 Å². The van der Waals surface area contributed by atoms with Gasteiger partial charge in [-0.2, -0.15) is 0 Å². The van der Waals surface area contributed by atoms with Crippen LogP contribution in [0.3, 0.4) is 0 Å². The zero-order valence-electron chi connectivity index (χ0n) is 37.6. The van der Waals surface area contributed by atoms with Crippen molar-refractivity contribution in [1.82, 2.24) is 47.3 Å². The van der Waals surface area contributed by atoms with Crippen molar-refractivity contribution in [3.8, 4) is 34.1 Å². The molecule has 0 aliphatic rings. The molecule has 0 bridgehead atoms. The van der Waals surface area contributed by atoms with Gasteiger partial charge < -0.3 is 20.4 Å². The first-order valence-corrected chi connectivity index (χ1v) is 22.7. The van der Waals surface area contributed by atoms with E-state index in [-0.39, 0.29) is 56.2 Å². The number of nitrogens with zero attached hydrogens (tertiary/aromatic N) is 10. The highest BCUT2D eigenvalue weighted by Gasteiger charge is 2.25. The van der Waals surface area contributed by atoms with Gasteiger partial charge in [0.05, 0.1) is 99.8 Å². The minimum atomic E-state index is -0.758. The first kappa shape index (κ1) is 42.6. The molecule has 18 nitrogen and oxygen atoms in total. The smallest absolute Gasteiger partial charge is 0.266 e. The molecule has 13 aromatic rings. The highest BCUT2D eigenvalue weighted by molar-refractivity contribution is 5.98. The maximum Gasteiger partial charge on any atom is 0.266 e. The zero-order chi connectivity index (χ0) is 49.1. The Labute approximate surface area is 403 Å². The number of benzene rings is 7. The number of para-hydroxylation sites is 8. The average Bonchev–Trinajstić information content (AvgIpc) is 4.25. The van der Waals surface area contributed by atoms with E-state index in [4.69, 9.17) is 0 Å². The van der Waals surface area contributed by atoms with Crippen molar-refractivity contribution in [1.29, 1.82) is 0 Å². The summed E-state index contributed by atoms with van der Waals surface area (Å²) in [5.41, 5.74) is 3.82. The molecule has 13 rings (SSSR count). The van der Waals surface area contributed by atoms with Crippen molar-refractivity contribution < 1.29 is 20.4 Å².